The molecule has 0 saturated carbocycles. The summed E-state index contributed by atoms with van der Waals surface area (Å²) in [4.78, 5) is 14.5. The van der Waals surface area contributed by atoms with Crippen molar-refractivity contribution in [3.05, 3.63) is 36.0 Å². The van der Waals surface area contributed by atoms with E-state index in [9.17, 15) is 0 Å². The van der Waals surface area contributed by atoms with Crippen LogP contribution in [0.25, 0.3) is 11.0 Å². The molecule has 0 amide bonds. The molecule has 4 rings (SSSR count). The predicted octanol–water partition coefficient (Wildman–Crippen LogP) is 2.83. The van der Waals surface area contributed by atoms with Gasteiger partial charge in [0, 0.05) is 18.4 Å². The van der Waals surface area contributed by atoms with Gasteiger partial charge < -0.3 is 9.88 Å². The molecule has 0 aromatic carbocycles. The van der Waals surface area contributed by atoms with Crippen LogP contribution in [0.1, 0.15) is 30.7 Å². The summed E-state index contributed by atoms with van der Waals surface area (Å²) in [5.41, 5.74) is 3.22. The summed E-state index contributed by atoms with van der Waals surface area (Å²) in [5.74, 6) is 1.04. The van der Waals surface area contributed by atoms with Crippen LogP contribution in [0.2, 0.25) is 0 Å². The van der Waals surface area contributed by atoms with Crippen molar-refractivity contribution < 1.29 is 0 Å². The molecule has 1 fully saturated rings. The lowest BCUT2D eigenvalue weighted by Crippen LogP contribution is -2.43. The number of anilines is 1. The fourth-order valence-electron chi connectivity index (χ4n) is 3.62. The van der Waals surface area contributed by atoms with E-state index in [1.807, 2.05) is 6.20 Å². The quantitative estimate of drug-likeness (QED) is 0.808. The number of aromatic nitrogens is 5. The maximum Gasteiger partial charge on any atom is 0.142 e. The number of nitrogens with zero attached hydrogens (tertiary/aromatic N) is 5. The summed E-state index contributed by atoms with van der Waals surface area (Å²) in [6, 6.07) is 4.64. The molecule has 6 heteroatoms. The minimum Gasteiger partial charge on any atom is -0.351 e. The topological polar surface area (TPSA) is 62.6 Å². The fourth-order valence-corrected chi connectivity index (χ4v) is 3.62. The fraction of sp³-hybridized carbons (Fsp3) is 0.471. The average molecular weight is 310 g/mol. The van der Waals surface area contributed by atoms with E-state index in [-0.39, 0.29) is 0 Å². The second kappa shape index (κ2) is 5.68. The number of hydrogen-bond acceptors (Lipinski definition) is 4. The molecule has 0 unspecified atom stereocenters. The van der Waals surface area contributed by atoms with Crippen LogP contribution in [0.4, 0.5) is 5.82 Å². The Bertz CT molecular complexity index is 817. The van der Waals surface area contributed by atoms with Gasteiger partial charge in [-0.3, -0.25) is 4.68 Å². The Labute approximate surface area is 135 Å². The zero-order valence-corrected chi connectivity index (χ0v) is 13.7. The second-order valence-electron chi connectivity index (χ2n) is 6.39. The van der Waals surface area contributed by atoms with Crippen LogP contribution in [-0.2, 0) is 6.54 Å². The molecule has 120 valence electrons. The molecule has 0 bridgehead atoms. The van der Waals surface area contributed by atoms with Gasteiger partial charge in [0.25, 0.3) is 0 Å². The maximum atomic E-state index is 4.64. The van der Waals surface area contributed by atoms with Gasteiger partial charge in [0.2, 0.25) is 0 Å². The van der Waals surface area contributed by atoms with Crippen LogP contribution in [0.5, 0.6) is 0 Å². The molecule has 1 aliphatic rings. The summed E-state index contributed by atoms with van der Waals surface area (Å²) in [6.45, 7) is 6.13. The molecule has 1 aliphatic heterocycles. The normalized spacial score (nSPS) is 18.7. The smallest absolute Gasteiger partial charge is 0.142 e. The highest BCUT2D eigenvalue weighted by atomic mass is 15.3. The average Bonchev–Trinajstić information content (AvgIpc) is 3.14. The third kappa shape index (κ3) is 2.58. The third-order valence-corrected chi connectivity index (χ3v) is 4.72. The number of aromatic amines is 1. The summed E-state index contributed by atoms with van der Waals surface area (Å²) < 4.78 is 2.13. The first-order valence-corrected chi connectivity index (χ1v) is 8.28. The van der Waals surface area contributed by atoms with Crippen molar-refractivity contribution in [1.82, 2.24) is 24.7 Å². The molecule has 1 atom stereocenters. The van der Waals surface area contributed by atoms with Crippen LogP contribution >= 0.6 is 0 Å². The first kappa shape index (κ1) is 14.2. The monoisotopic (exact) mass is 310 g/mol. The van der Waals surface area contributed by atoms with E-state index in [0.717, 1.165) is 35.6 Å². The zero-order chi connectivity index (χ0) is 15.8. The Morgan fingerprint density at radius 1 is 1.26 bits per heavy atom. The Morgan fingerprint density at radius 2 is 2.17 bits per heavy atom. The molecule has 23 heavy (non-hydrogen) atoms. The number of piperidine rings is 1. The predicted molar refractivity (Wildman–Crippen MR) is 90.6 cm³/mol. The largest absolute Gasteiger partial charge is 0.351 e. The molecular formula is C17H22N6. The van der Waals surface area contributed by atoms with Crippen molar-refractivity contribution in [2.24, 2.45) is 0 Å². The van der Waals surface area contributed by atoms with Gasteiger partial charge >= 0.3 is 0 Å². The minimum atomic E-state index is 0.426. The number of fused-ring (bicyclic) bond motifs is 1. The van der Waals surface area contributed by atoms with Crippen molar-refractivity contribution in [2.75, 3.05) is 11.4 Å². The van der Waals surface area contributed by atoms with Gasteiger partial charge in [0.15, 0.2) is 0 Å². The molecule has 0 spiro atoms. The molecule has 4 heterocycles. The van der Waals surface area contributed by atoms with Gasteiger partial charge in [-0.15, -0.1) is 0 Å². The molecular weight excluding hydrogens is 288 g/mol. The molecule has 1 saturated heterocycles. The molecule has 1 N–H and O–H groups in total. The van der Waals surface area contributed by atoms with Crippen LogP contribution < -0.4 is 4.90 Å². The Morgan fingerprint density at radius 3 is 3.00 bits per heavy atom. The molecule has 3 aromatic rings. The summed E-state index contributed by atoms with van der Waals surface area (Å²) in [6.07, 6.45) is 7.24. The number of H-pyrrole nitrogens is 1. The number of aryl methyl sites for hydroxylation is 2. The summed E-state index contributed by atoms with van der Waals surface area (Å²) in [7, 11) is 0. The zero-order valence-electron chi connectivity index (χ0n) is 13.7. The summed E-state index contributed by atoms with van der Waals surface area (Å²) in [5, 5.41) is 5.74. The minimum absolute atomic E-state index is 0.426. The lowest BCUT2D eigenvalue weighted by atomic mass is 10.0. The molecule has 0 radical (unpaired) electrons. The van der Waals surface area contributed by atoms with Gasteiger partial charge in [-0.25, -0.2) is 9.97 Å². The van der Waals surface area contributed by atoms with Gasteiger partial charge in [-0.05, 0) is 45.2 Å². The second-order valence-corrected chi connectivity index (χ2v) is 6.39. The first-order valence-electron chi connectivity index (χ1n) is 8.28. The van der Waals surface area contributed by atoms with Crippen LogP contribution in [0.15, 0.2) is 24.7 Å². The third-order valence-electron chi connectivity index (χ3n) is 4.72. The van der Waals surface area contributed by atoms with Crippen molar-refractivity contribution in [3.8, 4) is 0 Å². The van der Waals surface area contributed by atoms with E-state index in [2.05, 4.69) is 55.6 Å². The Kier molecular flexibility index (Phi) is 3.52. The van der Waals surface area contributed by atoms with Crippen LogP contribution in [-0.4, -0.2) is 37.3 Å². The van der Waals surface area contributed by atoms with Gasteiger partial charge in [-0.2, -0.15) is 5.10 Å². The van der Waals surface area contributed by atoms with Crippen molar-refractivity contribution in [3.63, 3.8) is 0 Å². The van der Waals surface area contributed by atoms with E-state index >= 15 is 0 Å². The van der Waals surface area contributed by atoms with E-state index in [1.54, 1.807) is 6.33 Å². The van der Waals surface area contributed by atoms with Crippen molar-refractivity contribution >= 4 is 16.9 Å². The van der Waals surface area contributed by atoms with E-state index in [4.69, 9.17) is 0 Å². The first-order chi connectivity index (χ1) is 11.2. The summed E-state index contributed by atoms with van der Waals surface area (Å²) >= 11 is 0. The highest BCUT2D eigenvalue weighted by Crippen LogP contribution is 2.29. The molecule has 0 aliphatic carbocycles. The van der Waals surface area contributed by atoms with Gasteiger partial charge in [0.1, 0.15) is 17.8 Å². The standard InChI is InChI=1S/C17H22N6/c1-12-9-13(2)23(21-12)10-14-5-3-4-8-22(14)17-15-6-7-18-16(15)19-11-20-17/h6-7,9,11,14H,3-5,8,10H2,1-2H3,(H,18,19,20)/t14-/m0/s1. The Balaban J connectivity index is 1.68. The highest BCUT2D eigenvalue weighted by molar-refractivity contribution is 5.87. The van der Waals surface area contributed by atoms with Crippen LogP contribution in [0, 0.1) is 13.8 Å². The number of nitrogens with one attached hydrogen (secondary N) is 1. The van der Waals surface area contributed by atoms with Crippen molar-refractivity contribution in [2.45, 2.75) is 45.7 Å². The highest BCUT2D eigenvalue weighted by Gasteiger charge is 2.26. The molecule has 6 nitrogen and oxygen atoms in total. The number of rotatable bonds is 3. The van der Waals surface area contributed by atoms with Crippen LogP contribution in [0.3, 0.4) is 0 Å². The number of hydrogen-bond donors (Lipinski definition) is 1. The van der Waals surface area contributed by atoms with Crippen molar-refractivity contribution in [1.29, 1.82) is 0 Å². The van der Waals surface area contributed by atoms with Gasteiger partial charge in [0.05, 0.1) is 23.7 Å². The van der Waals surface area contributed by atoms with Gasteiger partial charge in [-0.1, -0.05) is 0 Å². The lowest BCUT2D eigenvalue weighted by molar-refractivity contribution is 0.393. The molecule has 3 aromatic heterocycles. The van der Waals surface area contributed by atoms with E-state index in [0.29, 0.717) is 6.04 Å². The van der Waals surface area contributed by atoms with E-state index in [1.165, 1.54) is 25.0 Å². The maximum absolute atomic E-state index is 4.64. The SMILES string of the molecule is Cc1cc(C)n(C[C@@H]2CCCCN2c2ncnc3[nH]ccc23)n1. The Hall–Kier alpha value is -2.37. The lowest BCUT2D eigenvalue weighted by Gasteiger charge is -2.37. The van der Waals surface area contributed by atoms with E-state index < -0.39 is 0 Å².